The second-order valence-electron chi connectivity index (χ2n) is 3.21. The van der Waals surface area contributed by atoms with Crippen LogP contribution in [0.1, 0.15) is 5.56 Å². The highest BCUT2D eigenvalue weighted by atomic mass is 32.1. The molecule has 16 heavy (non-hydrogen) atoms. The average Bonchev–Trinajstić information content (AvgIpc) is 2.74. The molecule has 1 heterocycles. The summed E-state index contributed by atoms with van der Waals surface area (Å²) in [7, 11) is 0. The van der Waals surface area contributed by atoms with Crippen molar-refractivity contribution in [3.8, 4) is 0 Å². The van der Waals surface area contributed by atoms with Gasteiger partial charge < -0.3 is 11.1 Å². The van der Waals surface area contributed by atoms with Crippen LogP contribution in [0, 0.1) is 0 Å². The van der Waals surface area contributed by atoms with Crippen LogP contribution in [-0.2, 0) is 11.2 Å². The van der Waals surface area contributed by atoms with Crippen LogP contribution in [0.15, 0.2) is 29.8 Å². The Balaban J connectivity index is 1.95. The molecule has 0 bridgehead atoms. The summed E-state index contributed by atoms with van der Waals surface area (Å²) in [5.74, 6) is -0.110. The van der Waals surface area contributed by atoms with Crippen LogP contribution in [0.25, 0.3) is 0 Å². The Morgan fingerprint density at radius 3 is 2.75 bits per heavy atom. The molecule has 0 fully saturated rings. The Bertz CT molecular complexity index is 466. The minimum atomic E-state index is -0.110. The molecule has 0 spiro atoms. The number of hydrogen-bond acceptors (Lipinski definition) is 5. The lowest BCUT2D eigenvalue weighted by atomic mass is 10.1. The number of nitrogens with one attached hydrogen (secondary N) is 1. The number of carbonyl (C=O) groups is 1. The number of aromatic nitrogens is 2. The summed E-state index contributed by atoms with van der Waals surface area (Å²) in [5, 5.41) is 10.5. The molecule has 1 aromatic carbocycles. The van der Waals surface area contributed by atoms with E-state index in [1.54, 1.807) is 17.6 Å². The maximum Gasteiger partial charge on any atom is 0.230 e. The number of nitrogens with zero attached hydrogens (tertiary/aromatic N) is 2. The number of benzene rings is 1. The van der Waals surface area contributed by atoms with E-state index in [0.717, 1.165) is 5.56 Å². The van der Waals surface area contributed by atoms with E-state index < -0.39 is 0 Å². The van der Waals surface area contributed by atoms with Gasteiger partial charge in [0, 0.05) is 5.69 Å². The molecule has 0 unspecified atom stereocenters. The van der Waals surface area contributed by atoms with Crippen molar-refractivity contribution in [2.24, 2.45) is 0 Å². The summed E-state index contributed by atoms with van der Waals surface area (Å²) in [5.41, 5.74) is 8.72. The van der Waals surface area contributed by atoms with Gasteiger partial charge in [0.2, 0.25) is 11.0 Å². The third kappa shape index (κ3) is 2.77. The molecule has 0 radical (unpaired) electrons. The molecule has 0 atom stereocenters. The lowest BCUT2D eigenvalue weighted by Crippen LogP contribution is -2.14. The van der Waals surface area contributed by atoms with Gasteiger partial charge in [-0.2, -0.15) is 0 Å². The third-order valence-corrected chi connectivity index (χ3v) is 2.56. The minimum Gasteiger partial charge on any atom is -0.399 e. The Hall–Kier alpha value is -1.95. The SMILES string of the molecule is Nc1ccc(CC(=O)Nc2nncs2)cc1. The first-order chi connectivity index (χ1) is 7.74. The average molecular weight is 234 g/mol. The molecule has 0 aliphatic rings. The van der Waals surface area contributed by atoms with Crippen molar-refractivity contribution in [2.45, 2.75) is 6.42 Å². The smallest absolute Gasteiger partial charge is 0.230 e. The summed E-state index contributed by atoms with van der Waals surface area (Å²) in [6, 6.07) is 7.20. The first kappa shape index (κ1) is 10.6. The molecule has 0 aliphatic carbocycles. The molecule has 1 amide bonds. The predicted octanol–water partition coefficient (Wildman–Crippen LogP) is 1.30. The molecule has 0 aliphatic heterocycles. The Kier molecular flexibility index (Phi) is 3.11. The van der Waals surface area contributed by atoms with E-state index in [1.165, 1.54) is 11.3 Å². The fourth-order valence-corrected chi connectivity index (χ4v) is 1.67. The predicted molar refractivity (Wildman–Crippen MR) is 63.1 cm³/mol. The van der Waals surface area contributed by atoms with Crippen molar-refractivity contribution < 1.29 is 4.79 Å². The topological polar surface area (TPSA) is 80.9 Å². The number of nitrogen functional groups attached to an aromatic ring is 1. The Morgan fingerprint density at radius 1 is 1.38 bits per heavy atom. The number of rotatable bonds is 3. The van der Waals surface area contributed by atoms with Crippen LogP contribution in [0.5, 0.6) is 0 Å². The highest BCUT2D eigenvalue weighted by Gasteiger charge is 2.05. The number of hydrogen-bond donors (Lipinski definition) is 2. The molecule has 82 valence electrons. The van der Waals surface area contributed by atoms with Gasteiger partial charge >= 0.3 is 0 Å². The second kappa shape index (κ2) is 4.71. The van der Waals surface area contributed by atoms with Crippen molar-refractivity contribution in [3.63, 3.8) is 0 Å². The van der Waals surface area contributed by atoms with Gasteiger partial charge in [-0.15, -0.1) is 10.2 Å². The molecular weight excluding hydrogens is 224 g/mol. The summed E-state index contributed by atoms with van der Waals surface area (Å²) in [6.45, 7) is 0. The zero-order chi connectivity index (χ0) is 11.4. The molecule has 5 nitrogen and oxygen atoms in total. The standard InChI is InChI=1S/C10H10N4OS/c11-8-3-1-7(2-4-8)5-9(15)13-10-14-12-6-16-10/h1-4,6H,5,11H2,(H,13,14,15). The molecule has 3 N–H and O–H groups in total. The van der Waals surface area contributed by atoms with Crippen molar-refractivity contribution in [2.75, 3.05) is 11.1 Å². The van der Waals surface area contributed by atoms with E-state index in [-0.39, 0.29) is 5.91 Å². The molecule has 1 aromatic heterocycles. The van der Waals surface area contributed by atoms with E-state index in [1.807, 2.05) is 12.1 Å². The van der Waals surface area contributed by atoms with Crippen LogP contribution in [0.2, 0.25) is 0 Å². The van der Waals surface area contributed by atoms with Crippen LogP contribution in [0.3, 0.4) is 0 Å². The second-order valence-corrected chi connectivity index (χ2v) is 4.04. The summed E-state index contributed by atoms with van der Waals surface area (Å²) in [6.07, 6.45) is 0.305. The molecule has 2 rings (SSSR count). The lowest BCUT2D eigenvalue weighted by molar-refractivity contribution is -0.115. The monoisotopic (exact) mass is 234 g/mol. The van der Waals surface area contributed by atoms with E-state index in [0.29, 0.717) is 17.2 Å². The highest BCUT2D eigenvalue weighted by molar-refractivity contribution is 7.13. The maximum absolute atomic E-state index is 11.6. The Labute approximate surface area is 96.3 Å². The van der Waals surface area contributed by atoms with E-state index in [2.05, 4.69) is 15.5 Å². The zero-order valence-electron chi connectivity index (χ0n) is 8.38. The van der Waals surface area contributed by atoms with E-state index >= 15 is 0 Å². The van der Waals surface area contributed by atoms with Gasteiger partial charge in [-0.25, -0.2) is 0 Å². The van der Waals surface area contributed by atoms with Crippen LogP contribution >= 0.6 is 11.3 Å². The molecule has 2 aromatic rings. The van der Waals surface area contributed by atoms with Crippen LogP contribution in [-0.4, -0.2) is 16.1 Å². The van der Waals surface area contributed by atoms with Crippen LogP contribution < -0.4 is 11.1 Å². The van der Waals surface area contributed by atoms with Gasteiger partial charge in [-0.05, 0) is 17.7 Å². The van der Waals surface area contributed by atoms with E-state index in [4.69, 9.17) is 5.73 Å². The third-order valence-electron chi connectivity index (χ3n) is 1.95. The molecule has 6 heteroatoms. The van der Waals surface area contributed by atoms with Gasteiger partial charge in [0.1, 0.15) is 5.51 Å². The first-order valence-electron chi connectivity index (χ1n) is 4.64. The van der Waals surface area contributed by atoms with Gasteiger partial charge in [-0.3, -0.25) is 4.79 Å². The number of amides is 1. The first-order valence-corrected chi connectivity index (χ1v) is 5.52. The minimum absolute atomic E-state index is 0.110. The molecular formula is C10H10N4OS. The van der Waals surface area contributed by atoms with Crippen molar-refractivity contribution >= 4 is 28.1 Å². The fraction of sp³-hybridized carbons (Fsp3) is 0.100. The molecule has 0 saturated heterocycles. The Morgan fingerprint density at radius 2 is 2.12 bits per heavy atom. The summed E-state index contributed by atoms with van der Waals surface area (Å²) < 4.78 is 0. The summed E-state index contributed by atoms with van der Waals surface area (Å²) >= 11 is 1.29. The zero-order valence-corrected chi connectivity index (χ0v) is 9.20. The van der Waals surface area contributed by atoms with Crippen molar-refractivity contribution in [1.29, 1.82) is 0 Å². The quantitative estimate of drug-likeness (QED) is 0.784. The fourth-order valence-electron chi connectivity index (χ4n) is 1.21. The number of anilines is 2. The van der Waals surface area contributed by atoms with Gasteiger partial charge in [-0.1, -0.05) is 23.5 Å². The molecule has 0 saturated carbocycles. The highest BCUT2D eigenvalue weighted by Crippen LogP contribution is 2.10. The van der Waals surface area contributed by atoms with Crippen molar-refractivity contribution in [1.82, 2.24) is 10.2 Å². The number of carbonyl (C=O) groups excluding carboxylic acids is 1. The number of nitrogens with two attached hydrogens (primary N) is 1. The normalized spacial score (nSPS) is 10.0. The van der Waals surface area contributed by atoms with Gasteiger partial charge in [0.05, 0.1) is 6.42 Å². The largest absolute Gasteiger partial charge is 0.399 e. The maximum atomic E-state index is 11.6. The summed E-state index contributed by atoms with van der Waals surface area (Å²) in [4.78, 5) is 11.6. The van der Waals surface area contributed by atoms with Gasteiger partial charge in [0.15, 0.2) is 0 Å². The lowest BCUT2D eigenvalue weighted by Gasteiger charge is -2.01. The van der Waals surface area contributed by atoms with Gasteiger partial charge in [0.25, 0.3) is 0 Å². The van der Waals surface area contributed by atoms with Crippen LogP contribution in [0.4, 0.5) is 10.8 Å². The van der Waals surface area contributed by atoms with Crippen molar-refractivity contribution in [3.05, 3.63) is 35.3 Å². The van der Waals surface area contributed by atoms with E-state index in [9.17, 15) is 4.79 Å².